The van der Waals surface area contributed by atoms with Crippen molar-refractivity contribution in [3.05, 3.63) is 77.9 Å². The first kappa shape index (κ1) is 22.6. The van der Waals surface area contributed by atoms with Crippen LogP contribution in [0.15, 0.2) is 66.7 Å². The van der Waals surface area contributed by atoms with Gasteiger partial charge in [0.25, 0.3) is 0 Å². The summed E-state index contributed by atoms with van der Waals surface area (Å²) in [4.78, 5) is 2.37. The van der Waals surface area contributed by atoms with Crippen LogP contribution in [0.2, 0.25) is 0 Å². The maximum Gasteiger partial charge on any atom is 0.146 e. The van der Waals surface area contributed by atoms with Crippen LogP contribution < -0.4 is 10.2 Å². The lowest BCUT2D eigenvalue weighted by atomic mass is 9.99. The summed E-state index contributed by atoms with van der Waals surface area (Å²) in [7, 11) is -2.43. The second-order valence-electron chi connectivity index (χ2n) is 7.94. The van der Waals surface area contributed by atoms with E-state index in [0.717, 1.165) is 30.8 Å². The highest BCUT2D eigenvalue weighted by molar-refractivity contribution is 7.72. The highest BCUT2D eigenvalue weighted by atomic mass is 35.5. The normalized spacial score (nSPS) is 18.4. The van der Waals surface area contributed by atoms with E-state index < -0.39 is 16.0 Å². The molecule has 0 bridgehead atoms. The first-order valence-corrected chi connectivity index (χ1v) is 11.5. The molecular weight excluding hydrogens is 416 g/mol. The van der Waals surface area contributed by atoms with Crippen molar-refractivity contribution in [3.63, 3.8) is 0 Å². The Labute approximate surface area is 186 Å². The third-order valence-corrected chi connectivity index (χ3v) is 6.95. The fraction of sp³-hybridized carbons (Fsp3) is 0.333. The zero-order valence-electron chi connectivity index (χ0n) is 17.3. The standard InChI is InChI=1S/C24H28N2O2S.ClH/c1-17(23-9-5-7-20-6-3-4-8-24(20)23)25-21-14-15-26(16-21)22-12-10-19(11-13-22)18(2)29(27)28;/h3-13,17-18,21,25,29H,14-16H2,1-2H3;1H/t17-,18?,21?;/m1./s1. The first-order chi connectivity index (χ1) is 14.0. The summed E-state index contributed by atoms with van der Waals surface area (Å²) in [6, 6.07) is 23.7. The van der Waals surface area contributed by atoms with Crippen LogP contribution >= 0.6 is 12.4 Å². The predicted molar refractivity (Wildman–Crippen MR) is 129 cm³/mol. The molecule has 1 saturated heterocycles. The number of benzene rings is 3. The Kier molecular flexibility index (Phi) is 7.40. The molecule has 0 spiro atoms. The Morgan fingerprint density at radius 3 is 2.40 bits per heavy atom. The van der Waals surface area contributed by atoms with Crippen molar-refractivity contribution in [2.75, 3.05) is 18.0 Å². The van der Waals surface area contributed by atoms with E-state index >= 15 is 0 Å². The molecule has 30 heavy (non-hydrogen) atoms. The van der Waals surface area contributed by atoms with E-state index in [2.05, 4.69) is 59.6 Å². The van der Waals surface area contributed by atoms with E-state index in [4.69, 9.17) is 0 Å². The summed E-state index contributed by atoms with van der Waals surface area (Å²) >= 11 is 0. The molecule has 0 aliphatic carbocycles. The van der Waals surface area contributed by atoms with Crippen LogP contribution in [-0.4, -0.2) is 27.5 Å². The summed E-state index contributed by atoms with van der Waals surface area (Å²) in [5.41, 5.74) is 3.35. The molecule has 4 nitrogen and oxygen atoms in total. The topological polar surface area (TPSA) is 49.4 Å². The number of halogens is 1. The molecule has 2 unspecified atom stereocenters. The quantitative estimate of drug-likeness (QED) is 0.533. The Morgan fingerprint density at radius 1 is 0.967 bits per heavy atom. The fourth-order valence-electron chi connectivity index (χ4n) is 4.29. The van der Waals surface area contributed by atoms with Crippen LogP contribution in [0.5, 0.6) is 0 Å². The number of hydrogen-bond acceptors (Lipinski definition) is 4. The van der Waals surface area contributed by atoms with Crippen molar-refractivity contribution in [1.82, 2.24) is 5.32 Å². The molecule has 1 aliphatic rings. The minimum absolute atomic E-state index is 0. The van der Waals surface area contributed by atoms with E-state index in [1.54, 1.807) is 6.92 Å². The van der Waals surface area contributed by atoms with Crippen molar-refractivity contribution < 1.29 is 8.42 Å². The Balaban J connectivity index is 0.00000256. The summed E-state index contributed by atoms with van der Waals surface area (Å²) in [6.07, 6.45) is 1.10. The molecule has 3 atom stereocenters. The average molecular weight is 445 g/mol. The predicted octanol–water partition coefficient (Wildman–Crippen LogP) is 4.86. The van der Waals surface area contributed by atoms with Crippen LogP contribution in [0.4, 0.5) is 5.69 Å². The number of hydrogen-bond donors (Lipinski definition) is 2. The first-order valence-electron chi connectivity index (χ1n) is 10.2. The zero-order valence-corrected chi connectivity index (χ0v) is 19.0. The largest absolute Gasteiger partial charge is 0.370 e. The van der Waals surface area contributed by atoms with Crippen molar-refractivity contribution in [3.8, 4) is 0 Å². The SMILES string of the molecule is CC(c1ccc(N2CCC(N[C@H](C)c3cccc4ccccc34)C2)cc1)[SH](=O)=O.Cl. The van der Waals surface area contributed by atoms with Crippen LogP contribution in [0.25, 0.3) is 10.8 Å². The van der Waals surface area contributed by atoms with Gasteiger partial charge >= 0.3 is 0 Å². The molecule has 3 aromatic rings. The van der Waals surface area contributed by atoms with Crippen LogP contribution in [0, 0.1) is 0 Å². The minimum Gasteiger partial charge on any atom is -0.370 e. The smallest absolute Gasteiger partial charge is 0.146 e. The van der Waals surface area contributed by atoms with Gasteiger partial charge in [0, 0.05) is 30.9 Å². The Morgan fingerprint density at radius 2 is 1.67 bits per heavy atom. The van der Waals surface area contributed by atoms with Gasteiger partial charge in [-0.3, -0.25) is 0 Å². The van der Waals surface area contributed by atoms with Gasteiger partial charge in [0.15, 0.2) is 0 Å². The van der Waals surface area contributed by atoms with Gasteiger partial charge in [0.2, 0.25) is 0 Å². The summed E-state index contributed by atoms with van der Waals surface area (Å²) in [6.45, 7) is 5.93. The molecule has 0 saturated carbocycles. The molecule has 4 rings (SSSR count). The van der Waals surface area contributed by atoms with Crippen molar-refractivity contribution in [2.45, 2.75) is 37.6 Å². The maximum absolute atomic E-state index is 11.2. The van der Waals surface area contributed by atoms with E-state index in [1.165, 1.54) is 16.3 Å². The molecule has 1 heterocycles. The van der Waals surface area contributed by atoms with Crippen molar-refractivity contribution in [1.29, 1.82) is 0 Å². The third kappa shape index (κ3) is 4.80. The number of fused-ring (bicyclic) bond motifs is 1. The molecule has 0 aromatic heterocycles. The molecule has 1 N–H and O–H groups in total. The second kappa shape index (κ2) is 9.82. The van der Waals surface area contributed by atoms with Gasteiger partial charge < -0.3 is 10.2 Å². The van der Waals surface area contributed by atoms with Crippen LogP contribution in [-0.2, 0) is 10.7 Å². The van der Waals surface area contributed by atoms with Crippen molar-refractivity contribution >= 4 is 39.6 Å². The number of thiol groups is 1. The molecular formula is C24H29ClN2O2S. The molecule has 6 heteroatoms. The van der Waals surface area contributed by atoms with E-state index in [1.807, 2.05) is 24.3 Å². The molecule has 0 radical (unpaired) electrons. The van der Waals surface area contributed by atoms with Gasteiger partial charge in [-0.2, -0.15) is 0 Å². The third-order valence-electron chi connectivity index (χ3n) is 6.02. The Bertz CT molecular complexity index is 1050. The lowest BCUT2D eigenvalue weighted by Crippen LogP contribution is -2.34. The summed E-state index contributed by atoms with van der Waals surface area (Å²) in [5, 5.41) is 5.96. The van der Waals surface area contributed by atoms with Gasteiger partial charge in [-0.05, 0) is 54.3 Å². The van der Waals surface area contributed by atoms with Gasteiger partial charge in [-0.1, -0.05) is 54.6 Å². The van der Waals surface area contributed by atoms with Gasteiger partial charge in [0.1, 0.15) is 10.7 Å². The lowest BCUT2D eigenvalue weighted by Gasteiger charge is -2.23. The maximum atomic E-state index is 11.2. The highest BCUT2D eigenvalue weighted by Crippen LogP contribution is 2.27. The van der Waals surface area contributed by atoms with E-state index in [9.17, 15) is 8.42 Å². The van der Waals surface area contributed by atoms with Crippen LogP contribution in [0.1, 0.15) is 42.7 Å². The molecule has 0 amide bonds. The fourth-order valence-corrected chi connectivity index (χ4v) is 4.70. The summed E-state index contributed by atoms with van der Waals surface area (Å²) in [5.74, 6) is 0. The highest BCUT2D eigenvalue weighted by Gasteiger charge is 2.24. The minimum atomic E-state index is -2.43. The van der Waals surface area contributed by atoms with Crippen LogP contribution in [0.3, 0.4) is 0 Å². The number of nitrogens with one attached hydrogen (secondary N) is 1. The average Bonchev–Trinajstić information content (AvgIpc) is 3.21. The Hall–Kier alpha value is -2.08. The molecule has 160 valence electrons. The van der Waals surface area contributed by atoms with Crippen molar-refractivity contribution in [2.24, 2.45) is 0 Å². The second-order valence-corrected chi connectivity index (χ2v) is 9.29. The molecule has 1 fully saturated rings. The lowest BCUT2D eigenvalue weighted by molar-refractivity contribution is 0.483. The van der Waals surface area contributed by atoms with Gasteiger partial charge in [0.05, 0.1) is 5.25 Å². The summed E-state index contributed by atoms with van der Waals surface area (Å²) < 4.78 is 22.4. The number of anilines is 1. The number of rotatable bonds is 6. The zero-order chi connectivity index (χ0) is 20.4. The monoisotopic (exact) mass is 444 g/mol. The van der Waals surface area contributed by atoms with E-state index in [0.29, 0.717) is 6.04 Å². The number of nitrogens with zero attached hydrogens (tertiary/aromatic N) is 1. The molecule has 3 aromatic carbocycles. The van der Waals surface area contributed by atoms with Gasteiger partial charge in [-0.25, -0.2) is 8.42 Å². The van der Waals surface area contributed by atoms with E-state index in [-0.39, 0.29) is 18.4 Å². The molecule has 1 aliphatic heterocycles. The van der Waals surface area contributed by atoms with Gasteiger partial charge in [-0.15, -0.1) is 12.4 Å².